The predicted molar refractivity (Wildman–Crippen MR) is 97.2 cm³/mol. The minimum Gasteiger partial charge on any atom is -0.368 e. The Balaban J connectivity index is 2.25. The number of aryl methyl sites for hydroxylation is 1. The van der Waals surface area contributed by atoms with Crippen LogP contribution in [0.1, 0.15) is 32.1 Å². The van der Waals surface area contributed by atoms with E-state index < -0.39 is 11.9 Å². The Morgan fingerprint density at radius 2 is 2.04 bits per heavy atom. The van der Waals surface area contributed by atoms with Crippen molar-refractivity contribution in [3.05, 3.63) is 52.6 Å². The largest absolute Gasteiger partial charge is 0.368 e. The van der Waals surface area contributed by atoms with Crippen LogP contribution in [-0.4, -0.2) is 15.5 Å². The van der Waals surface area contributed by atoms with Crippen LogP contribution in [-0.2, 0) is 11.2 Å². The normalized spacial score (nSPS) is 12.4. The van der Waals surface area contributed by atoms with Crippen molar-refractivity contribution in [2.24, 2.45) is 5.73 Å². The van der Waals surface area contributed by atoms with Crippen molar-refractivity contribution in [3.8, 4) is 10.4 Å². The molecule has 0 bridgehead atoms. The second kappa shape index (κ2) is 6.57. The Labute approximate surface area is 143 Å². The van der Waals surface area contributed by atoms with Crippen molar-refractivity contribution in [2.45, 2.75) is 32.7 Å². The summed E-state index contributed by atoms with van der Waals surface area (Å²) in [7, 11) is 0. The van der Waals surface area contributed by atoms with Crippen LogP contribution < -0.4 is 11.3 Å². The minimum atomic E-state index is -0.712. The summed E-state index contributed by atoms with van der Waals surface area (Å²) in [6.07, 6.45) is 1.46. The lowest BCUT2D eigenvalue weighted by Gasteiger charge is -2.16. The molecule has 0 saturated heterocycles. The Kier molecular flexibility index (Phi) is 4.49. The SMILES string of the molecule is CCCc1nc2sc(-c3ccccc3)cc2c(=O)n1C(C)C(N)=O. The van der Waals surface area contributed by atoms with Gasteiger partial charge in [0.05, 0.1) is 5.39 Å². The minimum absolute atomic E-state index is 0.201. The Bertz CT molecular complexity index is 944. The topological polar surface area (TPSA) is 78.0 Å². The van der Waals surface area contributed by atoms with Crippen molar-refractivity contribution in [1.82, 2.24) is 9.55 Å². The monoisotopic (exact) mass is 341 g/mol. The second-order valence-electron chi connectivity index (χ2n) is 5.73. The first-order valence-corrected chi connectivity index (χ1v) is 8.74. The van der Waals surface area contributed by atoms with Gasteiger partial charge < -0.3 is 5.73 Å². The van der Waals surface area contributed by atoms with E-state index in [0.717, 1.165) is 16.9 Å². The van der Waals surface area contributed by atoms with Gasteiger partial charge in [-0.05, 0) is 25.0 Å². The number of aromatic nitrogens is 2. The molecular formula is C18H19N3O2S. The number of rotatable bonds is 5. The van der Waals surface area contributed by atoms with E-state index in [4.69, 9.17) is 5.73 Å². The number of nitrogens with zero attached hydrogens (tertiary/aromatic N) is 2. The lowest BCUT2D eigenvalue weighted by Crippen LogP contribution is -2.34. The fourth-order valence-corrected chi connectivity index (χ4v) is 3.75. The number of amides is 1. The molecule has 0 aliphatic rings. The molecule has 1 aromatic carbocycles. The fraction of sp³-hybridized carbons (Fsp3) is 0.278. The second-order valence-corrected chi connectivity index (χ2v) is 6.76. The molecule has 0 spiro atoms. The molecule has 0 saturated carbocycles. The first kappa shape index (κ1) is 16.4. The van der Waals surface area contributed by atoms with Crippen molar-refractivity contribution in [1.29, 1.82) is 0 Å². The molecule has 0 fully saturated rings. The maximum Gasteiger partial charge on any atom is 0.263 e. The number of thiophene rings is 1. The molecule has 2 N–H and O–H groups in total. The maximum absolute atomic E-state index is 12.9. The predicted octanol–water partition coefficient (Wildman–Crippen LogP) is 3.12. The van der Waals surface area contributed by atoms with Gasteiger partial charge in [-0.1, -0.05) is 37.3 Å². The Hall–Kier alpha value is -2.47. The van der Waals surface area contributed by atoms with Crippen LogP contribution in [0, 0.1) is 0 Å². The zero-order valence-electron chi connectivity index (χ0n) is 13.7. The van der Waals surface area contributed by atoms with Crippen LogP contribution in [0.2, 0.25) is 0 Å². The van der Waals surface area contributed by atoms with Crippen molar-refractivity contribution >= 4 is 27.5 Å². The fourth-order valence-electron chi connectivity index (χ4n) is 2.71. The summed E-state index contributed by atoms with van der Waals surface area (Å²) in [6, 6.07) is 11.0. The van der Waals surface area contributed by atoms with E-state index >= 15 is 0 Å². The molecule has 1 unspecified atom stereocenters. The third-order valence-electron chi connectivity index (χ3n) is 4.00. The molecule has 24 heavy (non-hydrogen) atoms. The van der Waals surface area contributed by atoms with Crippen LogP contribution in [0.15, 0.2) is 41.2 Å². The van der Waals surface area contributed by atoms with Gasteiger partial charge in [0.15, 0.2) is 0 Å². The number of hydrogen-bond acceptors (Lipinski definition) is 4. The highest BCUT2D eigenvalue weighted by molar-refractivity contribution is 7.21. The molecule has 0 radical (unpaired) electrons. The zero-order chi connectivity index (χ0) is 17.3. The molecular weight excluding hydrogens is 322 g/mol. The lowest BCUT2D eigenvalue weighted by atomic mass is 10.2. The average molecular weight is 341 g/mol. The van der Waals surface area contributed by atoms with Crippen LogP contribution in [0.5, 0.6) is 0 Å². The molecule has 3 aromatic rings. The molecule has 0 aliphatic heterocycles. The van der Waals surface area contributed by atoms with Gasteiger partial charge in [-0.15, -0.1) is 11.3 Å². The number of fused-ring (bicyclic) bond motifs is 1. The quantitative estimate of drug-likeness (QED) is 0.774. The summed E-state index contributed by atoms with van der Waals surface area (Å²) in [4.78, 5) is 30.9. The Morgan fingerprint density at radius 1 is 1.33 bits per heavy atom. The highest BCUT2D eigenvalue weighted by Gasteiger charge is 2.20. The van der Waals surface area contributed by atoms with Crippen LogP contribution in [0.3, 0.4) is 0 Å². The van der Waals surface area contributed by atoms with Gasteiger partial charge in [0.2, 0.25) is 5.91 Å². The van der Waals surface area contributed by atoms with Crippen LogP contribution in [0.25, 0.3) is 20.7 Å². The van der Waals surface area contributed by atoms with Crippen molar-refractivity contribution in [3.63, 3.8) is 0 Å². The lowest BCUT2D eigenvalue weighted by molar-refractivity contribution is -0.120. The van der Waals surface area contributed by atoms with Crippen molar-refractivity contribution in [2.75, 3.05) is 0 Å². The number of hydrogen-bond donors (Lipinski definition) is 1. The van der Waals surface area contributed by atoms with E-state index in [0.29, 0.717) is 22.5 Å². The molecule has 2 aromatic heterocycles. The smallest absolute Gasteiger partial charge is 0.263 e. The average Bonchev–Trinajstić information content (AvgIpc) is 3.00. The number of carbonyl (C=O) groups excluding carboxylic acids is 1. The molecule has 1 amide bonds. The number of primary amides is 1. The highest BCUT2D eigenvalue weighted by atomic mass is 32.1. The van der Waals surface area contributed by atoms with E-state index in [1.54, 1.807) is 6.92 Å². The van der Waals surface area contributed by atoms with Crippen LogP contribution in [0.4, 0.5) is 0 Å². The summed E-state index contributed by atoms with van der Waals surface area (Å²) in [5.41, 5.74) is 6.27. The zero-order valence-corrected chi connectivity index (χ0v) is 14.5. The highest BCUT2D eigenvalue weighted by Crippen LogP contribution is 2.31. The van der Waals surface area contributed by atoms with Gasteiger partial charge in [-0.3, -0.25) is 14.2 Å². The first-order chi connectivity index (χ1) is 11.5. The van der Waals surface area contributed by atoms with E-state index in [1.165, 1.54) is 15.9 Å². The number of benzene rings is 1. The first-order valence-electron chi connectivity index (χ1n) is 7.92. The Morgan fingerprint density at radius 3 is 2.67 bits per heavy atom. The van der Waals surface area contributed by atoms with Crippen LogP contribution >= 0.6 is 11.3 Å². The van der Waals surface area contributed by atoms with Gasteiger partial charge in [0, 0.05) is 11.3 Å². The van der Waals surface area contributed by atoms with E-state index in [2.05, 4.69) is 4.98 Å². The van der Waals surface area contributed by atoms with E-state index in [1.807, 2.05) is 43.3 Å². The van der Waals surface area contributed by atoms with Crippen molar-refractivity contribution < 1.29 is 4.79 Å². The van der Waals surface area contributed by atoms with Gasteiger partial charge >= 0.3 is 0 Å². The third-order valence-corrected chi connectivity index (χ3v) is 5.08. The third kappa shape index (κ3) is 2.85. The maximum atomic E-state index is 12.9. The molecule has 3 rings (SSSR count). The molecule has 6 heteroatoms. The summed E-state index contributed by atoms with van der Waals surface area (Å²) in [6.45, 7) is 3.65. The standard InChI is InChI=1S/C18H19N3O2S/c1-3-7-15-20-17-13(18(23)21(15)11(2)16(19)22)10-14(24-17)12-8-5-4-6-9-12/h4-6,8-11H,3,7H2,1-2H3,(H2,19,22). The molecule has 0 aliphatic carbocycles. The summed E-state index contributed by atoms with van der Waals surface area (Å²) in [5, 5.41) is 0.534. The van der Waals surface area contributed by atoms with Gasteiger partial charge in [-0.25, -0.2) is 4.98 Å². The molecule has 5 nitrogen and oxygen atoms in total. The molecule has 2 heterocycles. The van der Waals surface area contributed by atoms with E-state index in [-0.39, 0.29) is 5.56 Å². The number of carbonyl (C=O) groups is 1. The van der Waals surface area contributed by atoms with E-state index in [9.17, 15) is 9.59 Å². The summed E-state index contributed by atoms with van der Waals surface area (Å²) in [5.74, 6) is 0.0804. The summed E-state index contributed by atoms with van der Waals surface area (Å²) >= 11 is 1.49. The van der Waals surface area contributed by atoms with Gasteiger partial charge in [0.25, 0.3) is 5.56 Å². The molecule has 124 valence electrons. The molecule has 1 atom stereocenters. The van der Waals surface area contributed by atoms with Gasteiger partial charge in [0.1, 0.15) is 16.7 Å². The van der Waals surface area contributed by atoms with Gasteiger partial charge in [-0.2, -0.15) is 0 Å². The summed E-state index contributed by atoms with van der Waals surface area (Å²) < 4.78 is 1.44. The number of nitrogens with two attached hydrogens (primary N) is 1.